The molecule has 0 saturated carbocycles. The predicted molar refractivity (Wildman–Crippen MR) is 67.7 cm³/mol. The van der Waals surface area contributed by atoms with Gasteiger partial charge in [-0.1, -0.05) is 0 Å². The summed E-state index contributed by atoms with van der Waals surface area (Å²) in [7, 11) is 2.13. The maximum Gasteiger partial charge on any atom is 0.236 e. The van der Waals surface area contributed by atoms with Crippen molar-refractivity contribution in [1.29, 1.82) is 0 Å². The van der Waals surface area contributed by atoms with Crippen LogP contribution in [-0.4, -0.2) is 79.5 Å². The molecule has 5 nitrogen and oxygen atoms in total. The largest absolute Gasteiger partial charge is 0.340 e. The first kappa shape index (κ1) is 12.8. The standard InChI is InChI=1S/C12H24N4O/c1-14-5-7-15(8-6-14)10-12(17)16-4-2-3-11(13)9-16/h11H,2-10,13H2,1H3. The molecule has 2 aliphatic rings. The van der Waals surface area contributed by atoms with Gasteiger partial charge in [-0.2, -0.15) is 0 Å². The normalized spacial score (nSPS) is 28.4. The number of rotatable bonds is 2. The summed E-state index contributed by atoms with van der Waals surface area (Å²) in [5.41, 5.74) is 5.90. The molecular formula is C12H24N4O. The average Bonchev–Trinajstić information content (AvgIpc) is 2.32. The minimum atomic E-state index is 0.181. The Kier molecular flexibility index (Phi) is 4.36. The van der Waals surface area contributed by atoms with Crippen LogP contribution in [0.3, 0.4) is 0 Å². The lowest BCUT2D eigenvalue weighted by Gasteiger charge is -2.35. The maximum atomic E-state index is 12.1. The van der Waals surface area contributed by atoms with E-state index < -0.39 is 0 Å². The summed E-state index contributed by atoms with van der Waals surface area (Å²) in [6, 6.07) is 0.181. The Morgan fingerprint density at radius 2 is 1.94 bits per heavy atom. The molecule has 0 aliphatic carbocycles. The Balaban J connectivity index is 1.76. The van der Waals surface area contributed by atoms with Gasteiger partial charge in [-0.25, -0.2) is 0 Å². The number of hydrogen-bond donors (Lipinski definition) is 1. The molecule has 0 bridgehead atoms. The molecule has 1 amide bonds. The highest BCUT2D eigenvalue weighted by Crippen LogP contribution is 2.09. The lowest BCUT2D eigenvalue weighted by atomic mass is 10.1. The van der Waals surface area contributed by atoms with Crippen LogP contribution in [0, 0.1) is 0 Å². The Hall–Kier alpha value is -0.650. The fourth-order valence-electron chi connectivity index (χ4n) is 2.53. The number of nitrogens with two attached hydrogens (primary N) is 1. The van der Waals surface area contributed by atoms with Gasteiger partial charge in [0.05, 0.1) is 6.54 Å². The van der Waals surface area contributed by atoms with E-state index in [1.54, 1.807) is 0 Å². The highest BCUT2D eigenvalue weighted by atomic mass is 16.2. The molecule has 2 saturated heterocycles. The number of piperazine rings is 1. The van der Waals surface area contributed by atoms with Crippen LogP contribution in [0.1, 0.15) is 12.8 Å². The predicted octanol–water partition coefficient (Wildman–Crippen LogP) is -0.816. The first-order valence-corrected chi connectivity index (χ1v) is 6.59. The van der Waals surface area contributed by atoms with Crippen molar-refractivity contribution in [3.8, 4) is 0 Å². The van der Waals surface area contributed by atoms with Gasteiger partial charge in [-0.15, -0.1) is 0 Å². The Morgan fingerprint density at radius 3 is 2.59 bits per heavy atom. The van der Waals surface area contributed by atoms with Crippen LogP contribution >= 0.6 is 0 Å². The third-order valence-electron chi connectivity index (χ3n) is 3.77. The quantitative estimate of drug-likeness (QED) is 0.685. The smallest absolute Gasteiger partial charge is 0.236 e. The van der Waals surface area contributed by atoms with Crippen LogP contribution < -0.4 is 5.73 Å². The van der Waals surface area contributed by atoms with E-state index in [0.717, 1.165) is 52.1 Å². The van der Waals surface area contributed by atoms with Gasteiger partial charge in [-0.05, 0) is 19.9 Å². The van der Waals surface area contributed by atoms with Crippen LogP contribution in [0.2, 0.25) is 0 Å². The van der Waals surface area contributed by atoms with E-state index in [0.29, 0.717) is 6.54 Å². The number of amides is 1. The van der Waals surface area contributed by atoms with Crippen molar-refractivity contribution in [2.24, 2.45) is 5.73 Å². The monoisotopic (exact) mass is 240 g/mol. The Labute approximate surface area is 104 Å². The van der Waals surface area contributed by atoms with E-state index in [1.165, 1.54) is 0 Å². The summed E-state index contributed by atoms with van der Waals surface area (Å²) < 4.78 is 0. The molecule has 2 heterocycles. The molecule has 2 rings (SSSR count). The molecule has 1 unspecified atom stereocenters. The number of hydrogen-bond acceptors (Lipinski definition) is 4. The molecule has 17 heavy (non-hydrogen) atoms. The summed E-state index contributed by atoms with van der Waals surface area (Å²) in [6.45, 7) is 6.33. The third kappa shape index (κ3) is 3.66. The van der Waals surface area contributed by atoms with Crippen LogP contribution in [0.25, 0.3) is 0 Å². The van der Waals surface area contributed by atoms with E-state index in [9.17, 15) is 4.79 Å². The van der Waals surface area contributed by atoms with Crippen molar-refractivity contribution in [3.05, 3.63) is 0 Å². The van der Waals surface area contributed by atoms with E-state index in [2.05, 4.69) is 16.8 Å². The molecule has 0 aromatic rings. The number of nitrogens with zero attached hydrogens (tertiary/aromatic N) is 3. The number of likely N-dealkylation sites (N-methyl/N-ethyl adjacent to an activating group) is 1. The number of likely N-dealkylation sites (tertiary alicyclic amines) is 1. The van der Waals surface area contributed by atoms with Crippen LogP contribution in [0.5, 0.6) is 0 Å². The van der Waals surface area contributed by atoms with E-state index in [-0.39, 0.29) is 11.9 Å². The number of carbonyl (C=O) groups is 1. The van der Waals surface area contributed by atoms with Crippen molar-refractivity contribution in [1.82, 2.24) is 14.7 Å². The van der Waals surface area contributed by atoms with Gasteiger partial charge in [-0.3, -0.25) is 9.69 Å². The van der Waals surface area contributed by atoms with E-state index in [4.69, 9.17) is 5.73 Å². The van der Waals surface area contributed by atoms with Crippen LogP contribution in [0.4, 0.5) is 0 Å². The highest BCUT2D eigenvalue weighted by Gasteiger charge is 2.23. The summed E-state index contributed by atoms with van der Waals surface area (Å²) in [5.74, 6) is 0.254. The fraction of sp³-hybridized carbons (Fsp3) is 0.917. The van der Waals surface area contributed by atoms with Crippen molar-refractivity contribution in [2.75, 3.05) is 52.9 Å². The number of piperidine rings is 1. The fourth-order valence-corrected chi connectivity index (χ4v) is 2.53. The third-order valence-corrected chi connectivity index (χ3v) is 3.77. The van der Waals surface area contributed by atoms with Crippen molar-refractivity contribution in [3.63, 3.8) is 0 Å². The van der Waals surface area contributed by atoms with Crippen molar-refractivity contribution >= 4 is 5.91 Å². The van der Waals surface area contributed by atoms with Crippen LogP contribution in [0.15, 0.2) is 0 Å². The average molecular weight is 240 g/mol. The van der Waals surface area contributed by atoms with E-state index in [1.807, 2.05) is 4.90 Å². The van der Waals surface area contributed by atoms with Gasteiger partial charge in [0.1, 0.15) is 0 Å². The van der Waals surface area contributed by atoms with Gasteiger partial charge in [0.25, 0.3) is 0 Å². The Morgan fingerprint density at radius 1 is 1.24 bits per heavy atom. The summed E-state index contributed by atoms with van der Waals surface area (Å²) in [6.07, 6.45) is 2.11. The second-order valence-electron chi connectivity index (χ2n) is 5.32. The SMILES string of the molecule is CN1CCN(CC(=O)N2CCCC(N)C2)CC1. The maximum absolute atomic E-state index is 12.1. The van der Waals surface area contributed by atoms with E-state index >= 15 is 0 Å². The van der Waals surface area contributed by atoms with Crippen molar-refractivity contribution < 1.29 is 4.79 Å². The molecule has 0 spiro atoms. The molecule has 0 radical (unpaired) electrons. The highest BCUT2D eigenvalue weighted by molar-refractivity contribution is 5.78. The minimum absolute atomic E-state index is 0.181. The van der Waals surface area contributed by atoms with Gasteiger partial charge < -0.3 is 15.5 Å². The molecule has 2 aliphatic heterocycles. The molecule has 98 valence electrons. The zero-order valence-corrected chi connectivity index (χ0v) is 10.8. The molecule has 2 fully saturated rings. The summed E-state index contributed by atoms with van der Waals surface area (Å²) in [4.78, 5) is 18.6. The number of carbonyl (C=O) groups excluding carboxylic acids is 1. The minimum Gasteiger partial charge on any atom is -0.340 e. The first-order valence-electron chi connectivity index (χ1n) is 6.59. The molecule has 0 aromatic carbocycles. The molecule has 5 heteroatoms. The molecular weight excluding hydrogens is 216 g/mol. The molecule has 2 N–H and O–H groups in total. The van der Waals surface area contributed by atoms with Gasteiger partial charge in [0.15, 0.2) is 0 Å². The van der Waals surface area contributed by atoms with Crippen LogP contribution in [-0.2, 0) is 4.79 Å². The summed E-state index contributed by atoms with van der Waals surface area (Å²) in [5, 5.41) is 0. The molecule has 1 atom stereocenters. The van der Waals surface area contributed by atoms with Crippen molar-refractivity contribution in [2.45, 2.75) is 18.9 Å². The summed E-state index contributed by atoms with van der Waals surface area (Å²) >= 11 is 0. The topological polar surface area (TPSA) is 52.8 Å². The lowest BCUT2D eigenvalue weighted by molar-refractivity contribution is -0.134. The van der Waals surface area contributed by atoms with Gasteiger partial charge >= 0.3 is 0 Å². The van der Waals surface area contributed by atoms with Gasteiger partial charge in [0.2, 0.25) is 5.91 Å². The first-order chi connectivity index (χ1) is 8.15. The second kappa shape index (κ2) is 5.80. The Bertz CT molecular complexity index is 263. The lowest BCUT2D eigenvalue weighted by Crippen LogP contribution is -2.52. The zero-order chi connectivity index (χ0) is 12.3. The second-order valence-corrected chi connectivity index (χ2v) is 5.32. The molecule has 0 aromatic heterocycles. The zero-order valence-electron chi connectivity index (χ0n) is 10.8. The van der Waals surface area contributed by atoms with Gasteiger partial charge in [0, 0.05) is 45.3 Å².